The van der Waals surface area contributed by atoms with E-state index in [2.05, 4.69) is 15.6 Å². The van der Waals surface area contributed by atoms with Gasteiger partial charge in [-0.15, -0.1) is 0 Å². The van der Waals surface area contributed by atoms with Gasteiger partial charge in [-0.2, -0.15) is 0 Å². The van der Waals surface area contributed by atoms with E-state index >= 15 is 0 Å². The van der Waals surface area contributed by atoms with Crippen LogP contribution in [0, 0.1) is 0 Å². The number of carbonyl (C=O) groups excluding carboxylic acids is 2. The second-order valence-electron chi connectivity index (χ2n) is 8.04. The number of aliphatic hydroxyl groups excluding tert-OH is 1. The summed E-state index contributed by atoms with van der Waals surface area (Å²) in [4.78, 5) is 28.2. The van der Waals surface area contributed by atoms with Gasteiger partial charge < -0.3 is 30.9 Å². The van der Waals surface area contributed by atoms with E-state index < -0.39 is 5.97 Å². The number of carbonyl (C=O) groups is 2. The third kappa shape index (κ3) is 8.41. The van der Waals surface area contributed by atoms with Gasteiger partial charge in [0.2, 0.25) is 5.88 Å². The lowest BCUT2D eigenvalue weighted by molar-refractivity contribution is 0.0602. The molecule has 0 fully saturated rings. The molecule has 5 N–H and O–H groups in total. The number of esters is 1. The number of aliphatic hydroxyl groups is 1. The number of amides is 1. The molecule has 1 heterocycles. The van der Waals surface area contributed by atoms with E-state index in [0.29, 0.717) is 28.4 Å². The van der Waals surface area contributed by atoms with Gasteiger partial charge in [0.15, 0.2) is 0 Å². The number of benzene rings is 2. The molecule has 1 amide bonds. The second kappa shape index (κ2) is 14.7. The minimum atomic E-state index is -0.511. The molecular formula is C29H34N4O5. The van der Waals surface area contributed by atoms with Crippen molar-refractivity contribution < 1.29 is 24.2 Å². The molecule has 9 heteroatoms. The molecular weight excluding hydrogens is 484 g/mol. The van der Waals surface area contributed by atoms with E-state index in [1.165, 1.54) is 7.11 Å². The summed E-state index contributed by atoms with van der Waals surface area (Å²) in [6.45, 7) is 6.27. The first-order valence-electron chi connectivity index (χ1n) is 11.9. The van der Waals surface area contributed by atoms with Crippen LogP contribution in [-0.4, -0.2) is 42.7 Å². The van der Waals surface area contributed by atoms with Crippen molar-refractivity contribution in [2.45, 2.75) is 20.8 Å². The Bertz CT molecular complexity index is 1310. The SMILES string of the molecule is CCNc1ccc(C(=O)Nc2ccccc2C(=O)OC)cc1N.COc1ncccc1/C(C)=C/C=C(\C)O. The molecule has 0 saturated carbocycles. The molecule has 9 nitrogen and oxygen atoms in total. The van der Waals surface area contributed by atoms with E-state index in [9.17, 15) is 9.59 Å². The molecule has 1 aromatic heterocycles. The normalized spacial score (nSPS) is 11.1. The van der Waals surface area contributed by atoms with E-state index in [4.69, 9.17) is 20.3 Å². The zero-order chi connectivity index (χ0) is 28.1. The number of nitrogens with zero attached hydrogens (tertiary/aromatic N) is 1. The lowest BCUT2D eigenvalue weighted by Crippen LogP contribution is -2.16. The predicted molar refractivity (Wildman–Crippen MR) is 152 cm³/mol. The van der Waals surface area contributed by atoms with Crippen molar-refractivity contribution in [2.75, 3.05) is 37.1 Å². The molecule has 0 aliphatic carbocycles. The van der Waals surface area contributed by atoms with E-state index in [-0.39, 0.29) is 11.7 Å². The quantitative estimate of drug-likeness (QED) is 0.129. The number of pyridine rings is 1. The highest BCUT2D eigenvalue weighted by atomic mass is 16.5. The molecule has 0 atom stereocenters. The van der Waals surface area contributed by atoms with Crippen LogP contribution in [0.4, 0.5) is 17.1 Å². The fourth-order valence-electron chi connectivity index (χ4n) is 3.32. The molecule has 38 heavy (non-hydrogen) atoms. The number of nitrogens with one attached hydrogen (secondary N) is 2. The fourth-order valence-corrected chi connectivity index (χ4v) is 3.32. The fraction of sp³-hybridized carbons (Fsp3) is 0.207. The molecule has 0 spiro atoms. The Hall–Kier alpha value is -4.79. The zero-order valence-electron chi connectivity index (χ0n) is 22.2. The lowest BCUT2D eigenvalue weighted by atomic mass is 10.1. The van der Waals surface area contributed by atoms with Crippen molar-refractivity contribution in [3.8, 4) is 5.88 Å². The number of methoxy groups -OCH3 is 2. The third-order valence-electron chi connectivity index (χ3n) is 5.23. The Morgan fingerprint density at radius 2 is 1.71 bits per heavy atom. The van der Waals surface area contributed by atoms with Crippen molar-refractivity contribution >= 4 is 34.5 Å². The molecule has 0 aliphatic rings. The van der Waals surface area contributed by atoms with Crippen LogP contribution in [0.25, 0.3) is 5.57 Å². The summed E-state index contributed by atoms with van der Waals surface area (Å²) in [5.41, 5.74) is 10.2. The zero-order valence-corrected chi connectivity index (χ0v) is 22.2. The highest BCUT2D eigenvalue weighted by molar-refractivity contribution is 6.08. The molecule has 2 aromatic carbocycles. The van der Waals surface area contributed by atoms with Gasteiger partial charge >= 0.3 is 5.97 Å². The van der Waals surface area contributed by atoms with E-state index in [1.54, 1.807) is 68.8 Å². The maximum Gasteiger partial charge on any atom is 0.339 e. The van der Waals surface area contributed by atoms with Gasteiger partial charge in [0.1, 0.15) is 0 Å². The Morgan fingerprint density at radius 1 is 1.00 bits per heavy atom. The Balaban J connectivity index is 0.000000293. The van der Waals surface area contributed by atoms with Gasteiger partial charge in [-0.25, -0.2) is 9.78 Å². The molecule has 200 valence electrons. The molecule has 0 saturated heterocycles. The minimum absolute atomic E-state index is 0.275. The average Bonchev–Trinajstić information content (AvgIpc) is 2.93. The van der Waals surface area contributed by atoms with Crippen molar-refractivity contribution in [1.82, 2.24) is 4.98 Å². The molecule has 0 radical (unpaired) electrons. The van der Waals surface area contributed by atoms with Gasteiger partial charge in [0, 0.05) is 23.9 Å². The largest absolute Gasteiger partial charge is 0.513 e. The van der Waals surface area contributed by atoms with Crippen molar-refractivity contribution in [3.63, 3.8) is 0 Å². The van der Waals surface area contributed by atoms with Crippen LogP contribution in [0.15, 0.2) is 78.7 Å². The number of allylic oxidation sites excluding steroid dienone is 4. The van der Waals surface area contributed by atoms with Gasteiger partial charge in [0.05, 0.1) is 42.6 Å². The van der Waals surface area contributed by atoms with Crippen molar-refractivity contribution in [2.24, 2.45) is 0 Å². The Kier molecular flexibility index (Phi) is 11.4. The number of ether oxygens (including phenoxy) is 2. The monoisotopic (exact) mass is 518 g/mol. The second-order valence-corrected chi connectivity index (χ2v) is 8.04. The van der Waals surface area contributed by atoms with Crippen LogP contribution < -0.4 is 21.1 Å². The molecule has 0 bridgehead atoms. The summed E-state index contributed by atoms with van der Waals surface area (Å²) >= 11 is 0. The highest BCUT2D eigenvalue weighted by Crippen LogP contribution is 2.23. The molecule has 0 unspecified atom stereocenters. The maximum absolute atomic E-state index is 12.4. The van der Waals surface area contributed by atoms with Crippen LogP contribution in [-0.2, 0) is 4.74 Å². The average molecular weight is 519 g/mol. The van der Waals surface area contributed by atoms with Crippen LogP contribution in [0.5, 0.6) is 5.88 Å². The van der Waals surface area contributed by atoms with Crippen LogP contribution in [0.2, 0.25) is 0 Å². The lowest BCUT2D eigenvalue weighted by Gasteiger charge is -2.11. The topological polar surface area (TPSA) is 136 Å². The summed E-state index contributed by atoms with van der Waals surface area (Å²) in [7, 11) is 2.88. The predicted octanol–water partition coefficient (Wildman–Crippen LogP) is 5.69. The summed E-state index contributed by atoms with van der Waals surface area (Å²) in [6.07, 6.45) is 5.15. The minimum Gasteiger partial charge on any atom is -0.513 e. The number of para-hydroxylation sites is 1. The molecule has 3 rings (SSSR count). The summed E-state index contributed by atoms with van der Waals surface area (Å²) in [5.74, 6) is 0.00598. The number of rotatable bonds is 8. The van der Waals surface area contributed by atoms with Gasteiger partial charge in [-0.3, -0.25) is 4.79 Å². The number of nitrogens with two attached hydrogens (primary N) is 1. The summed E-state index contributed by atoms with van der Waals surface area (Å²) in [6, 6.07) is 15.4. The smallest absolute Gasteiger partial charge is 0.339 e. The summed E-state index contributed by atoms with van der Waals surface area (Å²) in [5, 5.41) is 14.9. The molecule has 3 aromatic rings. The van der Waals surface area contributed by atoms with E-state index in [0.717, 1.165) is 23.4 Å². The first-order valence-corrected chi connectivity index (χ1v) is 11.9. The van der Waals surface area contributed by atoms with Gasteiger partial charge in [-0.05, 0) is 74.9 Å². The Labute approximate surface area is 223 Å². The number of nitrogen functional groups attached to an aromatic ring is 1. The third-order valence-corrected chi connectivity index (χ3v) is 5.23. The van der Waals surface area contributed by atoms with Crippen molar-refractivity contribution in [1.29, 1.82) is 0 Å². The first kappa shape index (κ1) is 29.4. The van der Waals surface area contributed by atoms with E-state index in [1.807, 2.05) is 32.1 Å². The maximum atomic E-state index is 12.4. The van der Waals surface area contributed by atoms with Crippen LogP contribution >= 0.6 is 0 Å². The van der Waals surface area contributed by atoms with Crippen molar-refractivity contribution in [3.05, 3.63) is 95.4 Å². The number of hydrogen-bond donors (Lipinski definition) is 4. The number of anilines is 3. The standard InChI is InChI=1S/C17H19N3O3.C12H15NO2/c1-3-19-15-9-8-11(10-13(15)18)16(21)20-14-7-5-4-6-12(14)17(22)23-2;1-9(6-7-10(2)14)11-5-4-8-13-12(11)15-3/h4-10,19H,3,18H2,1-2H3,(H,20,21);4-8,14H,1-3H3/b;9-6+,10-7+. The van der Waals surface area contributed by atoms with Crippen LogP contribution in [0.3, 0.4) is 0 Å². The van der Waals surface area contributed by atoms with Gasteiger partial charge in [0.25, 0.3) is 5.91 Å². The summed E-state index contributed by atoms with van der Waals surface area (Å²) < 4.78 is 9.85. The Morgan fingerprint density at radius 3 is 2.34 bits per heavy atom. The highest BCUT2D eigenvalue weighted by Gasteiger charge is 2.15. The first-order chi connectivity index (χ1) is 18.2. The number of hydrogen-bond acceptors (Lipinski definition) is 8. The molecule has 0 aliphatic heterocycles. The van der Waals surface area contributed by atoms with Gasteiger partial charge in [-0.1, -0.05) is 18.2 Å². The van der Waals surface area contributed by atoms with Crippen LogP contribution in [0.1, 0.15) is 47.1 Å². The number of aromatic nitrogens is 1.